The van der Waals surface area contributed by atoms with Crippen molar-refractivity contribution in [3.63, 3.8) is 0 Å². The smallest absolute Gasteiger partial charge is 0.259 e. The number of aromatic nitrogens is 1. The Hall–Kier alpha value is -5.12. The molecule has 0 aliphatic heterocycles. The van der Waals surface area contributed by atoms with E-state index in [1.54, 1.807) is 64.3 Å². The van der Waals surface area contributed by atoms with Crippen LogP contribution in [-0.2, 0) is 18.4 Å². The molecule has 0 atom stereocenters. The molecule has 0 aliphatic carbocycles. The van der Waals surface area contributed by atoms with Crippen LogP contribution in [0.15, 0.2) is 71.5 Å². The number of anilines is 3. The van der Waals surface area contributed by atoms with Gasteiger partial charge in [-0.2, -0.15) is 0 Å². The molecule has 0 spiro atoms. The standard InChI is InChI=1S/C32H33FN4O5/c1-6-28(38)35-24-8-7-9-26(20(24)3)42-27-17-29(39)37(4)31(36-25-15-10-19(2)16-23(25)33)30(27)32(40)34-18-21-11-13-22(41-5)14-12-21/h7-17,36H,6,18H2,1-5H3,(H,34,40)(H,35,38). The summed E-state index contributed by atoms with van der Waals surface area (Å²) in [6.07, 6.45) is 0.294. The second-order valence-electron chi connectivity index (χ2n) is 9.70. The molecule has 4 aromatic rings. The van der Waals surface area contributed by atoms with Gasteiger partial charge in [0.25, 0.3) is 11.5 Å². The van der Waals surface area contributed by atoms with Gasteiger partial charge in [0.15, 0.2) is 0 Å². The van der Waals surface area contributed by atoms with Crippen LogP contribution in [0, 0.1) is 19.7 Å². The van der Waals surface area contributed by atoms with E-state index in [1.807, 2.05) is 12.1 Å². The number of halogens is 1. The number of aryl methyl sites for hydroxylation is 1. The van der Waals surface area contributed by atoms with Crippen LogP contribution in [0.5, 0.6) is 17.2 Å². The van der Waals surface area contributed by atoms with Gasteiger partial charge in [0.2, 0.25) is 5.91 Å². The summed E-state index contributed by atoms with van der Waals surface area (Å²) in [6.45, 7) is 5.43. The van der Waals surface area contributed by atoms with E-state index in [0.717, 1.165) is 5.56 Å². The van der Waals surface area contributed by atoms with Gasteiger partial charge in [-0.05, 0) is 61.4 Å². The molecule has 3 N–H and O–H groups in total. The van der Waals surface area contributed by atoms with Crippen molar-refractivity contribution in [3.8, 4) is 17.2 Å². The molecular formula is C32H33FN4O5. The number of hydrogen-bond acceptors (Lipinski definition) is 6. The average molecular weight is 573 g/mol. The monoisotopic (exact) mass is 572 g/mol. The number of nitrogens with one attached hydrogen (secondary N) is 3. The number of amides is 2. The molecular weight excluding hydrogens is 539 g/mol. The van der Waals surface area contributed by atoms with Crippen LogP contribution in [0.3, 0.4) is 0 Å². The molecule has 218 valence electrons. The van der Waals surface area contributed by atoms with Gasteiger partial charge in [-0.15, -0.1) is 0 Å². The second kappa shape index (κ2) is 13.0. The molecule has 0 unspecified atom stereocenters. The first-order chi connectivity index (χ1) is 20.1. The third-order valence-electron chi connectivity index (χ3n) is 6.72. The number of benzene rings is 3. The first-order valence-corrected chi connectivity index (χ1v) is 13.4. The van der Waals surface area contributed by atoms with Crippen molar-refractivity contribution < 1.29 is 23.5 Å². The summed E-state index contributed by atoms with van der Waals surface area (Å²) < 4.78 is 27.5. The van der Waals surface area contributed by atoms with Crippen molar-refractivity contribution in [1.82, 2.24) is 9.88 Å². The lowest BCUT2D eigenvalue weighted by molar-refractivity contribution is -0.115. The molecule has 3 aromatic carbocycles. The molecule has 9 nitrogen and oxygen atoms in total. The van der Waals surface area contributed by atoms with Gasteiger partial charge in [-0.1, -0.05) is 31.2 Å². The number of carbonyl (C=O) groups excluding carboxylic acids is 2. The minimum atomic E-state index is -0.556. The van der Waals surface area contributed by atoms with Crippen molar-refractivity contribution >= 4 is 29.0 Å². The van der Waals surface area contributed by atoms with Gasteiger partial charge in [-0.3, -0.25) is 19.0 Å². The summed E-state index contributed by atoms with van der Waals surface area (Å²) in [7, 11) is 3.05. The minimum absolute atomic E-state index is 0.00650. The zero-order valence-electron chi connectivity index (χ0n) is 24.1. The van der Waals surface area contributed by atoms with Crippen molar-refractivity contribution in [2.45, 2.75) is 33.7 Å². The Morgan fingerprint density at radius 2 is 1.69 bits per heavy atom. The van der Waals surface area contributed by atoms with E-state index in [1.165, 1.54) is 29.8 Å². The first-order valence-electron chi connectivity index (χ1n) is 13.4. The molecule has 1 heterocycles. The Morgan fingerprint density at radius 1 is 0.952 bits per heavy atom. The molecule has 2 amide bonds. The van der Waals surface area contributed by atoms with Crippen LogP contribution in [0.25, 0.3) is 0 Å². The van der Waals surface area contributed by atoms with Gasteiger partial charge in [0, 0.05) is 37.3 Å². The number of pyridine rings is 1. The third-order valence-corrected chi connectivity index (χ3v) is 6.72. The predicted molar refractivity (Wildman–Crippen MR) is 160 cm³/mol. The Bertz CT molecular complexity index is 1680. The predicted octanol–water partition coefficient (Wildman–Crippen LogP) is 5.96. The van der Waals surface area contributed by atoms with Crippen LogP contribution in [0.2, 0.25) is 0 Å². The highest BCUT2D eigenvalue weighted by Crippen LogP contribution is 2.35. The lowest BCUT2D eigenvalue weighted by atomic mass is 10.1. The fourth-order valence-electron chi connectivity index (χ4n) is 4.20. The Morgan fingerprint density at radius 3 is 2.36 bits per heavy atom. The SMILES string of the molecule is CCC(=O)Nc1cccc(Oc2cc(=O)n(C)c(Nc3ccc(C)cc3F)c2C(=O)NCc2ccc(OC)cc2)c1C. The third kappa shape index (κ3) is 6.77. The van der Waals surface area contributed by atoms with Crippen molar-refractivity contribution in [2.75, 3.05) is 17.7 Å². The van der Waals surface area contributed by atoms with Crippen LogP contribution < -0.4 is 31.0 Å². The summed E-state index contributed by atoms with van der Waals surface area (Å²) in [5.41, 5.74) is 2.25. The number of nitrogens with zero attached hydrogens (tertiary/aromatic N) is 1. The zero-order chi connectivity index (χ0) is 30.4. The summed E-state index contributed by atoms with van der Waals surface area (Å²) in [5, 5.41) is 8.62. The molecule has 1 aromatic heterocycles. The quantitative estimate of drug-likeness (QED) is 0.216. The Balaban J connectivity index is 1.78. The second-order valence-corrected chi connectivity index (χ2v) is 9.70. The van der Waals surface area contributed by atoms with Gasteiger partial charge < -0.3 is 25.4 Å². The maximum absolute atomic E-state index is 14.9. The molecule has 0 saturated carbocycles. The van der Waals surface area contributed by atoms with E-state index >= 15 is 0 Å². The highest BCUT2D eigenvalue weighted by Gasteiger charge is 2.24. The summed E-state index contributed by atoms with van der Waals surface area (Å²) in [4.78, 5) is 38.9. The lowest BCUT2D eigenvalue weighted by Gasteiger charge is -2.20. The topological polar surface area (TPSA) is 111 Å². The molecule has 0 aliphatic rings. The number of methoxy groups -OCH3 is 1. The van der Waals surface area contributed by atoms with Crippen LogP contribution in [0.1, 0.15) is 40.4 Å². The maximum Gasteiger partial charge on any atom is 0.259 e. The fraction of sp³-hybridized carbons (Fsp3) is 0.219. The summed E-state index contributed by atoms with van der Waals surface area (Å²) in [6, 6.07) is 18.1. The highest BCUT2D eigenvalue weighted by molar-refractivity contribution is 6.02. The first kappa shape index (κ1) is 29.9. The molecule has 0 fully saturated rings. The average Bonchev–Trinajstić information content (AvgIpc) is 2.97. The number of rotatable bonds is 10. The number of ether oxygens (including phenoxy) is 2. The van der Waals surface area contributed by atoms with Gasteiger partial charge >= 0.3 is 0 Å². The normalized spacial score (nSPS) is 10.6. The van der Waals surface area contributed by atoms with E-state index in [-0.39, 0.29) is 35.3 Å². The molecule has 0 bridgehead atoms. The molecule has 0 radical (unpaired) electrons. The molecule has 0 saturated heterocycles. The highest BCUT2D eigenvalue weighted by atomic mass is 19.1. The van der Waals surface area contributed by atoms with Crippen LogP contribution >= 0.6 is 0 Å². The van der Waals surface area contributed by atoms with Crippen molar-refractivity contribution in [3.05, 3.63) is 105 Å². The Kier molecular flexibility index (Phi) is 9.26. The van der Waals surface area contributed by atoms with E-state index in [2.05, 4.69) is 16.0 Å². The number of hydrogen-bond donors (Lipinski definition) is 3. The fourth-order valence-corrected chi connectivity index (χ4v) is 4.20. The van der Waals surface area contributed by atoms with Gasteiger partial charge in [0.05, 0.1) is 12.8 Å². The largest absolute Gasteiger partial charge is 0.497 e. The summed E-state index contributed by atoms with van der Waals surface area (Å²) in [5.74, 6) is -0.267. The van der Waals surface area contributed by atoms with Gasteiger partial charge in [-0.25, -0.2) is 4.39 Å². The lowest BCUT2D eigenvalue weighted by Crippen LogP contribution is -2.29. The van der Waals surface area contributed by atoms with Crippen molar-refractivity contribution in [2.24, 2.45) is 7.05 Å². The molecule has 42 heavy (non-hydrogen) atoms. The Labute approximate surface area is 243 Å². The maximum atomic E-state index is 14.9. The number of carbonyl (C=O) groups is 2. The van der Waals surface area contributed by atoms with E-state index in [0.29, 0.717) is 34.7 Å². The van der Waals surface area contributed by atoms with Gasteiger partial charge in [0.1, 0.15) is 34.4 Å². The summed E-state index contributed by atoms with van der Waals surface area (Å²) >= 11 is 0. The van der Waals surface area contributed by atoms with Crippen LogP contribution in [0.4, 0.5) is 21.6 Å². The van der Waals surface area contributed by atoms with E-state index in [9.17, 15) is 18.8 Å². The zero-order valence-corrected chi connectivity index (χ0v) is 24.1. The van der Waals surface area contributed by atoms with Crippen LogP contribution in [-0.4, -0.2) is 23.5 Å². The minimum Gasteiger partial charge on any atom is -0.497 e. The van der Waals surface area contributed by atoms with Crippen molar-refractivity contribution in [1.29, 1.82) is 0 Å². The molecule has 10 heteroatoms. The van der Waals surface area contributed by atoms with E-state index < -0.39 is 17.3 Å². The van der Waals surface area contributed by atoms with E-state index in [4.69, 9.17) is 9.47 Å². The molecule has 4 rings (SSSR count).